The minimum absolute atomic E-state index is 1.13. The van der Waals surface area contributed by atoms with Crippen LogP contribution in [-0.2, 0) is 0 Å². The first-order chi connectivity index (χ1) is 7.79. The van der Waals surface area contributed by atoms with Crippen LogP contribution in [0.4, 0.5) is 0 Å². The van der Waals surface area contributed by atoms with Gasteiger partial charge in [0.05, 0.1) is 0 Å². The normalized spacial score (nSPS) is 15.2. The number of rotatable bonds is 4. The van der Waals surface area contributed by atoms with Crippen LogP contribution in [0.5, 0.6) is 0 Å². The standard InChI is InChI=1S/C17H28/c1-9-13(4)11-15(6)17(8)16(7)14(5)10-12(2)3/h10-11H,9H2,1-8H3. The summed E-state index contributed by atoms with van der Waals surface area (Å²) in [5.41, 5.74) is 8.33. The minimum Gasteiger partial charge on any atom is -0.0762 e. The maximum absolute atomic E-state index is 2.30. The second-order valence-electron chi connectivity index (χ2n) is 5.18. The van der Waals surface area contributed by atoms with Gasteiger partial charge in [-0.1, -0.05) is 30.2 Å². The van der Waals surface area contributed by atoms with Crippen LogP contribution in [0.25, 0.3) is 0 Å². The molecule has 0 aliphatic rings. The molecule has 0 fully saturated rings. The van der Waals surface area contributed by atoms with E-state index < -0.39 is 0 Å². The third-order valence-electron chi connectivity index (χ3n) is 3.27. The summed E-state index contributed by atoms with van der Waals surface area (Å²) in [6.45, 7) is 17.5. The quantitative estimate of drug-likeness (QED) is 0.523. The molecular weight excluding hydrogens is 204 g/mol. The fourth-order valence-corrected chi connectivity index (χ4v) is 1.71. The van der Waals surface area contributed by atoms with E-state index in [-0.39, 0.29) is 0 Å². The van der Waals surface area contributed by atoms with Gasteiger partial charge < -0.3 is 0 Å². The van der Waals surface area contributed by atoms with Crippen LogP contribution in [0.3, 0.4) is 0 Å². The Kier molecular flexibility index (Phi) is 6.87. The molecule has 0 aromatic carbocycles. The molecule has 0 aliphatic carbocycles. The maximum Gasteiger partial charge on any atom is -0.0348 e. The molecule has 0 aromatic rings. The van der Waals surface area contributed by atoms with Crippen molar-refractivity contribution in [3.63, 3.8) is 0 Å². The van der Waals surface area contributed by atoms with Gasteiger partial charge in [-0.05, 0) is 77.2 Å². The third-order valence-corrected chi connectivity index (χ3v) is 3.27. The van der Waals surface area contributed by atoms with E-state index in [0.717, 1.165) is 6.42 Å². The lowest BCUT2D eigenvalue weighted by atomic mass is 9.97. The summed E-state index contributed by atoms with van der Waals surface area (Å²) in [6, 6.07) is 0. The van der Waals surface area contributed by atoms with Crippen molar-refractivity contribution in [2.45, 2.75) is 61.8 Å². The van der Waals surface area contributed by atoms with Crippen LogP contribution < -0.4 is 0 Å². The second-order valence-corrected chi connectivity index (χ2v) is 5.18. The zero-order valence-electron chi connectivity index (χ0n) is 12.9. The predicted octanol–water partition coefficient (Wildman–Crippen LogP) is 5.98. The van der Waals surface area contributed by atoms with Crippen LogP contribution in [0.2, 0.25) is 0 Å². The summed E-state index contributed by atoms with van der Waals surface area (Å²) in [7, 11) is 0. The molecule has 0 aromatic heterocycles. The molecule has 0 unspecified atom stereocenters. The van der Waals surface area contributed by atoms with Crippen molar-refractivity contribution in [3.05, 3.63) is 45.6 Å². The third kappa shape index (κ3) is 5.72. The summed E-state index contributed by atoms with van der Waals surface area (Å²) in [5.74, 6) is 0. The molecule has 96 valence electrons. The number of allylic oxidation sites excluding steroid dienone is 8. The van der Waals surface area contributed by atoms with Crippen molar-refractivity contribution in [1.82, 2.24) is 0 Å². The smallest absolute Gasteiger partial charge is 0.0348 e. The fourth-order valence-electron chi connectivity index (χ4n) is 1.71. The topological polar surface area (TPSA) is 0 Å². The molecule has 17 heavy (non-hydrogen) atoms. The van der Waals surface area contributed by atoms with E-state index in [1.54, 1.807) is 0 Å². The van der Waals surface area contributed by atoms with E-state index in [2.05, 4.69) is 67.5 Å². The van der Waals surface area contributed by atoms with Crippen LogP contribution in [0.1, 0.15) is 61.8 Å². The molecule has 0 aliphatic heterocycles. The fraction of sp³-hybridized carbons (Fsp3) is 0.529. The largest absolute Gasteiger partial charge is 0.0762 e. The second kappa shape index (κ2) is 7.32. The number of hydrogen-bond donors (Lipinski definition) is 0. The Morgan fingerprint density at radius 2 is 1.12 bits per heavy atom. The van der Waals surface area contributed by atoms with Gasteiger partial charge in [0.2, 0.25) is 0 Å². The molecule has 0 amide bonds. The predicted molar refractivity (Wildman–Crippen MR) is 80.2 cm³/mol. The van der Waals surface area contributed by atoms with Crippen molar-refractivity contribution < 1.29 is 0 Å². The van der Waals surface area contributed by atoms with Gasteiger partial charge in [0, 0.05) is 0 Å². The van der Waals surface area contributed by atoms with Gasteiger partial charge in [0.15, 0.2) is 0 Å². The van der Waals surface area contributed by atoms with Gasteiger partial charge in [0.1, 0.15) is 0 Å². The molecule has 0 nitrogen and oxygen atoms in total. The Hall–Kier alpha value is -1.04. The van der Waals surface area contributed by atoms with Crippen LogP contribution >= 0.6 is 0 Å². The Bertz CT molecular complexity index is 380. The zero-order chi connectivity index (χ0) is 13.6. The van der Waals surface area contributed by atoms with Crippen LogP contribution in [-0.4, -0.2) is 0 Å². The van der Waals surface area contributed by atoms with E-state index in [1.165, 1.54) is 33.4 Å². The van der Waals surface area contributed by atoms with Gasteiger partial charge >= 0.3 is 0 Å². The molecule has 0 spiro atoms. The molecular formula is C17H28. The molecule has 0 saturated heterocycles. The molecule has 0 N–H and O–H groups in total. The molecule has 0 rings (SSSR count). The molecule has 0 bridgehead atoms. The van der Waals surface area contributed by atoms with E-state index in [9.17, 15) is 0 Å². The average molecular weight is 232 g/mol. The first-order valence-corrected chi connectivity index (χ1v) is 6.47. The zero-order valence-corrected chi connectivity index (χ0v) is 12.9. The summed E-state index contributed by atoms with van der Waals surface area (Å²) >= 11 is 0. The van der Waals surface area contributed by atoms with Crippen molar-refractivity contribution in [3.8, 4) is 0 Å². The van der Waals surface area contributed by atoms with Gasteiger partial charge in [-0.2, -0.15) is 0 Å². The summed E-state index contributed by atoms with van der Waals surface area (Å²) < 4.78 is 0. The van der Waals surface area contributed by atoms with E-state index in [4.69, 9.17) is 0 Å². The van der Waals surface area contributed by atoms with Crippen LogP contribution in [0.15, 0.2) is 45.6 Å². The van der Waals surface area contributed by atoms with E-state index in [1.807, 2.05) is 0 Å². The highest BCUT2D eigenvalue weighted by atomic mass is 14.1. The first kappa shape index (κ1) is 16.0. The number of hydrogen-bond acceptors (Lipinski definition) is 0. The lowest BCUT2D eigenvalue weighted by molar-refractivity contribution is 1.09. The molecule has 0 heterocycles. The summed E-state index contributed by atoms with van der Waals surface area (Å²) in [4.78, 5) is 0. The molecule has 0 atom stereocenters. The van der Waals surface area contributed by atoms with Crippen molar-refractivity contribution in [1.29, 1.82) is 0 Å². The SMILES string of the molecule is CCC(C)=CC(C)=C(C)C(C)=C(C)C=C(C)C. The van der Waals surface area contributed by atoms with E-state index in [0.29, 0.717) is 0 Å². The molecule has 0 saturated carbocycles. The van der Waals surface area contributed by atoms with Gasteiger partial charge in [0.25, 0.3) is 0 Å². The first-order valence-electron chi connectivity index (χ1n) is 6.47. The highest BCUT2D eigenvalue weighted by Gasteiger charge is 2.01. The van der Waals surface area contributed by atoms with Crippen LogP contribution in [0, 0.1) is 0 Å². The van der Waals surface area contributed by atoms with Gasteiger partial charge in [-0.3, -0.25) is 0 Å². The van der Waals surface area contributed by atoms with Crippen molar-refractivity contribution in [2.75, 3.05) is 0 Å². The Balaban J connectivity index is 5.36. The highest BCUT2D eigenvalue weighted by molar-refractivity contribution is 5.43. The minimum atomic E-state index is 1.13. The van der Waals surface area contributed by atoms with E-state index >= 15 is 0 Å². The van der Waals surface area contributed by atoms with Gasteiger partial charge in [-0.15, -0.1) is 0 Å². The summed E-state index contributed by atoms with van der Waals surface area (Å²) in [6.07, 6.45) is 5.68. The Labute approximate surface area is 108 Å². The molecule has 0 radical (unpaired) electrons. The van der Waals surface area contributed by atoms with Crippen molar-refractivity contribution in [2.24, 2.45) is 0 Å². The lowest BCUT2D eigenvalue weighted by Gasteiger charge is -2.09. The lowest BCUT2D eigenvalue weighted by Crippen LogP contribution is -1.89. The Morgan fingerprint density at radius 1 is 0.706 bits per heavy atom. The highest BCUT2D eigenvalue weighted by Crippen LogP contribution is 2.21. The van der Waals surface area contributed by atoms with Gasteiger partial charge in [-0.25, -0.2) is 0 Å². The van der Waals surface area contributed by atoms with Crippen molar-refractivity contribution >= 4 is 0 Å². The monoisotopic (exact) mass is 232 g/mol. The average Bonchev–Trinajstić information content (AvgIpc) is 2.25. The Morgan fingerprint density at radius 3 is 1.47 bits per heavy atom. The maximum atomic E-state index is 2.30. The molecule has 0 heteroatoms. The summed E-state index contributed by atoms with van der Waals surface area (Å²) in [5, 5.41) is 0.